The van der Waals surface area contributed by atoms with E-state index in [1.807, 2.05) is 6.07 Å². The van der Waals surface area contributed by atoms with Gasteiger partial charge in [0.05, 0.1) is 0 Å². The van der Waals surface area contributed by atoms with Gasteiger partial charge >= 0.3 is 220 Å². The summed E-state index contributed by atoms with van der Waals surface area (Å²) in [6, 6.07) is 5.50. The Bertz CT molecular complexity index is 940. The summed E-state index contributed by atoms with van der Waals surface area (Å²) in [6.07, 6.45) is 25.7. The molecule has 0 bridgehead atoms. The van der Waals surface area contributed by atoms with Crippen LogP contribution in [-0.4, -0.2) is 24.3 Å². The van der Waals surface area contributed by atoms with Crippen LogP contribution < -0.4 is 0 Å². The van der Waals surface area contributed by atoms with Gasteiger partial charge in [-0.15, -0.1) is 0 Å². The van der Waals surface area contributed by atoms with Crippen molar-refractivity contribution in [1.29, 1.82) is 0 Å². The van der Waals surface area contributed by atoms with Crippen LogP contribution in [0.1, 0.15) is 181 Å². The second-order valence-electron chi connectivity index (χ2n) is 13.2. The van der Waals surface area contributed by atoms with Gasteiger partial charge in [0.25, 0.3) is 0 Å². The van der Waals surface area contributed by atoms with Gasteiger partial charge in [0.1, 0.15) is 0 Å². The molecule has 1 N–H and O–H groups in total. The topological polar surface area (TPSA) is 82.1 Å². The molecule has 258 valence electrons. The van der Waals surface area contributed by atoms with Crippen LogP contribution >= 0.6 is 0 Å². The molecule has 1 aromatic carbocycles. The molecular formula is C36H68O6STi. The van der Waals surface area contributed by atoms with Crippen molar-refractivity contribution in [2.45, 2.75) is 200 Å². The molecule has 0 atom stereocenters. The summed E-state index contributed by atoms with van der Waals surface area (Å²) in [4.78, 5) is 0.154. The Morgan fingerprint density at radius 2 is 1.00 bits per heavy atom. The maximum atomic E-state index is 13.7. The van der Waals surface area contributed by atoms with Crippen LogP contribution in [0.25, 0.3) is 0 Å². The number of benzene rings is 1. The van der Waals surface area contributed by atoms with Crippen LogP contribution in [0.4, 0.5) is 0 Å². The van der Waals surface area contributed by atoms with Crippen LogP contribution in [0.15, 0.2) is 23.1 Å². The Hall–Kier alpha value is -0.276. The van der Waals surface area contributed by atoms with E-state index in [0.29, 0.717) is 6.42 Å². The summed E-state index contributed by atoms with van der Waals surface area (Å²) in [5.41, 5.74) is 1.91. The van der Waals surface area contributed by atoms with Gasteiger partial charge in [-0.05, 0) is 0 Å². The van der Waals surface area contributed by atoms with Crippen molar-refractivity contribution >= 4 is 10.1 Å². The first-order valence-electron chi connectivity index (χ1n) is 18.2. The number of unbranched alkanes of at least 4 members (excludes halogenated alkanes) is 18. The second kappa shape index (κ2) is 24.8. The van der Waals surface area contributed by atoms with Crippen LogP contribution in [0.5, 0.6) is 0 Å². The fourth-order valence-corrected chi connectivity index (χ4v) is 11.1. The Morgan fingerprint density at radius 1 is 0.614 bits per heavy atom. The zero-order valence-electron chi connectivity index (χ0n) is 29.3. The fraction of sp³-hybridized carbons (Fsp3) is 0.833. The molecule has 0 unspecified atom stereocenters. The molecule has 8 heteroatoms. The molecule has 0 heterocycles. The van der Waals surface area contributed by atoms with E-state index in [9.17, 15) is 12.1 Å². The summed E-state index contributed by atoms with van der Waals surface area (Å²) < 4.78 is 55.3. The normalized spacial score (nSPS) is 12.6. The SMILES string of the molecule is CCCCCCCCCCCCc1cccc(S(=O)(=O)[O][Ti]([OH])([O]C(C)C)[O]C(C)C)c1CCCCCCCCCCCC. The predicted molar refractivity (Wildman–Crippen MR) is 180 cm³/mol. The van der Waals surface area contributed by atoms with Crippen molar-refractivity contribution in [3.63, 3.8) is 0 Å². The summed E-state index contributed by atoms with van der Waals surface area (Å²) in [7, 11) is -4.29. The molecule has 0 saturated heterocycles. The van der Waals surface area contributed by atoms with Gasteiger partial charge in [0.2, 0.25) is 0 Å². The summed E-state index contributed by atoms with van der Waals surface area (Å²) in [6.45, 7) is 11.4. The minimum Gasteiger partial charge on any atom is -0.0654 e. The number of aryl methyl sites for hydroxylation is 1. The molecule has 0 fully saturated rings. The average molecular weight is 677 g/mol. The van der Waals surface area contributed by atoms with Crippen molar-refractivity contribution < 1.29 is 39.6 Å². The van der Waals surface area contributed by atoms with E-state index in [1.165, 1.54) is 103 Å². The van der Waals surface area contributed by atoms with Gasteiger partial charge in [-0.3, -0.25) is 0 Å². The average Bonchev–Trinajstić information content (AvgIpc) is 2.94. The minimum absolute atomic E-state index is 0.154. The van der Waals surface area contributed by atoms with Crippen molar-refractivity contribution in [1.82, 2.24) is 0 Å². The fourth-order valence-electron chi connectivity index (χ4n) is 5.80. The smallest absolute Gasteiger partial charge is 0.0654 e. The first-order valence-corrected chi connectivity index (χ1v) is 22.2. The summed E-state index contributed by atoms with van der Waals surface area (Å²) in [5, 5.41) is 0. The van der Waals surface area contributed by atoms with E-state index in [1.54, 1.807) is 33.8 Å². The standard InChI is InChI=1S/C30H54O3S.2C3H7O.H2O.Ti/c1-3-5-7-9-11-13-15-17-19-21-24-28-25-23-27-30(34(31,32)33)29(28)26-22-20-18-16-14-12-10-8-6-4-2;2*1-3(2)4;;/h23,25,27H,3-22,24,26H2,1-2H3,(H,31,32,33);2*3H,1-2H3;1H2;/q;2*-1;;+4/p-2. The minimum atomic E-state index is -5.06. The first kappa shape index (κ1) is 41.7. The molecule has 0 radical (unpaired) electrons. The molecule has 0 saturated carbocycles. The van der Waals surface area contributed by atoms with E-state index in [-0.39, 0.29) is 4.90 Å². The van der Waals surface area contributed by atoms with Crippen molar-refractivity contribution in [2.75, 3.05) is 0 Å². The molecule has 0 spiro atoms. The van der Waals surface area contributed by atoms with Crippen LogP contribution in [0, 0.1) is 0 Å². The summed E-state index contributed by atoms with van der Waals surface area (Å²) in [5.74, 6) is 0. The molecule has 0 aromatic heterocycles. The van der Waals surface area contributed by atoms with Gasteiger partial charge in [0, 0.05) is 0 Å². The van der Waals surface area contributed by atoms with Gasteiger partial charge in [-0.1, -0.05) is 58.8 Å². The van der Waals surface area contributed by atoms with Gasteiger partial charge in [-0.25, -0.2) is 0 Å². The van der Waals surface area contributed by atoms with Gasteiger partial charge < -0.3 is 0 Å². The quantitative estimate of drug-likeness (QED) is 0.0672. The van der Waals surface area contributed by atoms with E-state index in [0.717, 1.165) is 43.2 Å². The van der Waals surface area contributed by atoms with Gasteiger partial charge in [0.15, 0.2) is 0 Å². The molecule has 0 aliphatic heterocycles. The second-order valence-corrected chi connectivity index (χ2v) is 17.8. The zero-order valence-corrected chi connectivity index (χ0v) is 31.7. The third-order valence-corrected chi connectivity index (χ3v) is 13.8. The number of hydrogen-bond donors (Lipinski definition) is 1. The number of rotatable bonds is 29. The van der Waals surface area contributed by atoms with Crippen LogP contribution in [0.2, 0.25) is 0 Å². The Morgan fingerprint density at radius 3 is 1.41 bits per heavy atom. The molecule has 0 aliphatic rings. The number of hydrogen-bond acceptors (Lipinski definition) is 6. The molecular weight excluding hydrogens is 608 g/mol. The molecule has 1 rings (SSSR count). The first-order chi connectivity index (χ1) is 21.0. The van der Waals surface area contributed by atoms with Crippen LogP contribution in [0.3, 0.4) is 0 Å². The van der Waals surface area contributed by atoms with Gasteiger partial charge in [-0.2, -0.15) is 0 Å². The third kappa shape index (κ3) is 19.4. The Labute approximate surface area is 277 Å². The molecule has 0 amide bonds. The Kier molecular flexibility index (Phi) is 23.6. The molecule has 0 aliphatic carbocycles. The molecule has 6 nitrogen and oxygen atoms in total. The van der Waals surface area contributed by atoms with E-state index < -0.39 is 40.5 Å². The van der Waals surface area contributed by atoms with Crippen LogP contribution in [-0.2, 0) is 50.5 Å². The van der Waals surface area contributed by atoms with E-state index >= 15 is 0 Å². The van der Waals surface area contributed by atoms with Crippen molar-refractivity contribution in [2.24, 2.45) is 0 Å². The third-order valence-electron chi connectivity index (χ3n) is 8.06. The predicted octanol–water partition coefficient (Wildman–Crippen LogP) is 11.0. The zero-order chi connectivity index (χ0) is 32.7. The molecule has 44 heavy (non-hydrogen) atoms. The van der Waals surface area contributed by atoms with Crippen molar-refractivity contribution in [3.05, 3.63) is 29.3 Å². The summed E-state index contributed by atoms with van der Waals surface area (Å²) >= 11 is -5.06. The maximum absolute atomic E-state index is 13.7. The van der Waals surface area contributed by atoms with E-state index in [2.05, 4.69) is 19.9 Å². The Balaban J connectivity index is 2.90. The molecule has 1 aromatic rings. The monoisotopic (exact) mass is 676 g/mol. The van der Waals surface area contributed by atoms with E-state index in [4.69, 9.17) is 9.40 Å². The van der Waals surface area contributed by atoms with Crippen molar-refractivity contribution in [3.8, 4) is 0 Å².